The van der Waals surface area contributed by atoms with Gasteiger partial charge in [0.2, 0.25) is 5.89 Å². The van der Waals surface area contributed by atoms with E-state index in [9.17, 15) is 0 Å². The van der Waals surface area contributed by atoms with E-state index in [0.717, 1.165) is 28.5 Å². The van der Waals surface area contributed by atoms with Crippen molar-refractivity contribution >= 4 is 0 Å². The molecule has 0 amide bonds. The quantitative estimate of drug-likeness (QED) is 0.636. The number of methoxy groups -OCH3 is 2. The van der Waals surface area contributed by atoms with Crippen LogP contribution in [0.15, 0.2) is 39.5 Å². The summed E-state index contributed by atoms with van der Waals surface area (Å²) in [6.45, 7) is 4.60. The van der Waals surface area contributed by atoms with Gasteiger partial charge in [0.15, 0.2) is 0 Å². The first-order chi connectivity index (χ1) is 12.5. The zero-order valence-electron chi connectivity index (χ0n) is 15.6. The van der Waals surface area contributed by atoms with Crippen LogP contribution in [0.5, 0.6) is 11.5 Å². The largest absolute Gasteiger partial charge is 0.497 e. The zero-order valence-corrected chi connectivity index (χ0v) is 15.6. The van der Waals surface area contributed by atoms with Gasteiger partial charge in [-0.15, -0.1) is 0 Å². The molecule has 1 atom stereocenters. The summed E-state index contributed by atoms with van der Waals surface area (Å²) in [5.41, 5.74) is 2.50. The minimum absolute atomic E-state index is 0.0969. The van der Waals surface area contributed by atoms with E-state index >= 15 is 0 Å². The second kappa shape index (κ2) is 7.61. The van der Waals surface area contributed by atoms with Crippen LogP contribution in [-0.2, 0) is 6.54 Å². The molecule has 26 heavy (non-hydrogen) atoms. The molecule has 0 bridgehead atoms. The van der Waals surface area contributed by atoms with Gasteiger partial charge in [0.05, 0.1) is 31.5 Å². The predicted octanol–water partition coefficient (Wildman–Crippen LogP) is 3.85. The molecule has 2 aromatic heterocycles. The third-order valence-electron chi connectivity index (χ3n) is 4.48. The molecule has 0 aliphatic rings. The van der Waals surface area contributed by atoms with Crippen molar-refractivity contribution in [3.8, 4) is 23.0 Å². The Bertz CT molecular complexity index is 858. The van der Waals surface area contributed by atoms with Crippen LogP contribution >= 0.6 is 0 Å². The summed E-state index contributed by atoms with van der Waals surface area (Å²) < 4.78 is 21.6. The monoisotopic (exact) mass is 357 g/mol. The number of benzene rings is 1. The second-order valence-electron chi connectivity index (χ2n) is 6.10. The Morgan fingerprint density at radius 2 is 2.00 bits per heavy atom. The lowest BCUT2D eigenvalue weighted by molar-refractivity contribution is 0.237. The molecule has 1 aromatic carbocycles. The maximum atomic E-state index is 5.91. The molecular formula is C19H23N3O4. The molecule has 0 spiro atoms. The summed E-state index contributed by atoms with van der Waals surface area (Å²) in [4.78, 5) is 6.81. The molecule has 0 saturated heterocycles. The molecule has 1 unspecified atom stereocenters. The highest BCUT2D eigenvalue weighted by Gasteiger charge is 2.20. The first-order valence-corrected chi connectivity index (χ1v) is 8.32. The van der Waals surface area contributed by atoms with Crippen LogP contribution < -0.4 is 9.47 Å². The maximum Gasteiger partial charge on any atom is 0.230 e. The van der Waals surface area contributed by atoms with Crippen LogP contribution in [-0.4, -0.2) is 36.3 Å². The topological polar surface area (TPSA) is 73.8 Å². The minimum atomic E-state index is 0.0969. The Labute approximate surface area is 152 Å². The highest BCUT2D eigenvalue weighted by molar-refractivity contribution is 5.65. The standard InChI is InChI=1S/C19H23N3O4/c1-12(16-8-9-25-21-16)22(3)11-17-13(2)26-19(20-17)15-10-14(23-4)6-7-18(15)24-5/h6-10,12H,11H2,1-5H3. The summed E-state index contributed by atoms with van der Waals surface area (Å²) in [6, 6.07) is 7.50. The normalized spacial score (nSPS) is 12.4. The van der Waals surface area contributed by atoms with Crippen molar-refractivity contribution in [3.63, 3.8) is 0 Å². The Kier molecular flexibility index (Phi) is 5.27. The molecule has 7 nitrogen and oxygen atoms in total. The minimum Gasteiger partial charge on any atom is -0.497 e. The summed E-state index contributed by atoms with van der Waals surface area (Å²) in [5.74, 6) is 2.68. The van der Waals surface area contributed by atoms with E-state index in [-0.39, 0.29) is 6.04 Å². The SMILES string of the molecule is COc1ccc(OC)c(-c2nc(CN(C)C(C)c3ccon3)c(C)o2)c1. The summed E-state index contributed by atoms with van der Waals surface area (Å²) in [5, 5.41) is 4.00. The molecule has 2 heterocycles. The number of hydrogen-bond acceptors (Lipinski definition) is 7. The molecule has 0 N–H and O–H groups in total. The van der Waals surface area contributed by atoms with Crippen molar-refractivity contribution in [2.45, 2.75) is 26.4 Å². The second-order valence-corrected chi connectivity index (χ2v) is 6.10. The number of oxazole rings is 1. The first-order valence-electron chi connectivity index (χ1n) is 8.32. The van der Waals surface area contributed by atoms with Gasteiger partial charge < -0.3 is 18.4 Å². The highest BCUT2D eigenvalue weighted by Crippen LogP contribution is 2.34. The number of ether oxygens (including phenoxy) is 2. The smallest absolute Gasteiger partial charge is 0.230 e. The number of rotatable bonds is 7. The Balaban J connectivity index is 1.85. The fraction of sp³-hybridized carbons (Fsp3) is 0.368. The van der Waals surface area contributed by atoms with Crippen molar-refractivity contribution < 1.29 is 18.4 Å². The number of aromatic nitrogens is 2. The van der Waals surface area contributed by atoms with Crippen LogP contribution in [0.2, 0.25) is 0 Å². The number of hydrogen-bond donors (Lipinski definition) is 0. The van der Waals surface area contributed by atoms with E-state index in [4.69, 9.17) is 18.4 Å². The Morgan fingerprint density at radius 3 is 2.65 bits per heavy atom. The molecule has 3 rings (SSSR count). The van der Waals surface area contributed by atoms with Crippen molar-refractivity contribution in [1.29, 1.82) is 0 Å². The molecule has 3 aromatic rings. The zero-order chi connectivity index (χ0) is 18.7. The van der Waals surface area contributed by atoms with Gasteiger partial charge in [0.1, 0.15) is 29.2 Å². The molecule has 7 heteroatoms. The summed E-state index contributed by atoms with van der Waals surface area (Å²) in [6.07, 6.45) is 1.58. The van der Waals surface area contributed by atoms with E-state index in [1.807, 2.05) is 38.2 Å². The molecule has 138 valence electrons. The van der Waals surface area contributed by atoms with Crippen molar-refractivity contribution in [2.24, 2.45) is 0 Å². The summed E-state index contributed by atoms with van der Waals surface area (Å²) >= 11 is 0. The average molecular weight is 357 g/mol. The first kappa shape index (κ1) is 18.0. The van der Waals surface area contributed by atoms with Gasteiger partial charge in [-0.25, -0.2) is 4.98 Å². The Morgan fingerprint density at radius 1 is 1.19 bits per heavy atom. The predicted molar refractivity (Wildman–Crippen MR) is 96.2 cm³/mol. The molecule has 0 saturated carbocycles. The molecule has 0 fully saturated rings. The molecule has 0 aliphatic heterocycles. The van der Waals surface area contributed by atoms with E-state index in [2.05, 4.69) is 22.0 Å². The van der Waals surface area contributed by atoms with Crippen molar-refractivity contribution in [1.82, 2.24) is 15.0 Å². The van der Waals surface area contributed by atoms with Gasteiger partial charge in [-0.2, -0.15) is 0 Å². The fourth-order valence-electron chi connectivity index (χ4n) is 2.71. The van der Waals surface area contributed by atoms with E-state index in [1.54, 1.807) is 20.5 Å². The third-order valence-corrected chi connectivity index (χ3v) is 4.48. The molecule has 0 aliphatic carbocycles. The lowest BCUT2D eigenvalue weighted by Gasteiger charge is -2.21. The van der Waals surface area contributed by atoms with Gasteiger partial charge in [-0.1, -0.05) is 5.16 Å². The van der Waals surface area contributed by atoms with Gasteiger partial charge in [-0.05, 0) is 39.1 Å². The highest BCUT2D eigenvalue weighted by atomic mass is 16.5. The molecule has 0 radical (unpaired) electrons. The van der Waals surface area contributed by atoms with Crippen LogP contribution in [0.3, 0.4) is 0 Å². The lowest BCUT2D eigenvalue weighted by Crippen LogP contribution is -2.22. The van der Waals surface area contributed by atoms with Crippen LogP contribution in [0.25, 0.3) is 11.5 Å². The Hall–Kier alpha value is -2.80. The lowest BCUT2D eigenvalue weighted by atomic mass is 10.2. The van der Waals surface area contributed by atoms with E-state index in [0.29, 0.717) is 18.2 Å². The van der Waals surface area contributed by atoms with Gasteiger partial charge in [-0.3, -0.25) is 4.90 Å². The number of nitrogens with zero attached hydrogens (tertiary/aromatic N) is 3. The maximum absolute atomic E-state index is 5.91. The fourth-order valence-corrected chi connectivity index (χ4v) is 2.71. The van der Waals surface area contributed by atoms with Crippen LogP contribution in [0.4, 0.5) is 0 Å². The number of aryl methyl sites for hydroxylation is 1. The van der Waals surface area contributed by atoms with Crippen LogP contribution in [0.1, 0.15) is 30.1 Å². The van der Waals surface area contributed by atoms with E-state index < -0.39 is 0 Å². The van der Waals surface area contributed by atoms with E-state index in [1.165, 1.54) is 0 Å². The van der Waals surface area contributed by atoms with Crippen molar-refractivity contribution in [2.75, 3.05) is 21.3 Å². The van der Waals surface area contributed by atoms with Gasteiger partial charge in [0.25, 0.3) is 0 Å². The third kappa shape index (κ3) is 3.57. The van der Waals surface area contributed by atoms with Gasteiger partial charge in [0, 0.05) is 12.6 Å². The van der Waals surface area contributed by atoms with Crippen LogP contribution in [0, 0.1) is 6.92 Å². The summed E-state index contributed by atoms with van der Waals surface area (Å²) in [7, 11) is 5.26. The van der Waals surface area contributed by atoms with Crippen molar-refractivity contribution in [3.05, 3.63) is 47.7 Å². The molecular weight excluding hydrogens is 334 g/mol. The average Bonchev–Trinajstić information content (AvgIpc) is 3.31. The van der Waals surface area contributed by atoms with Gasteiger partial charge >= 0.3 is 0 Å².